The summed E-state index contributed by atoms with van der Waals surface area (Å²) in [7, 11) is 0. The Kier molecular flexibility index (Phi) is 17.3. The third-order valence-electron chi connectivity index (χ3n) is 11.0. The molecule has 0 radical (unpaired) electrons. The van der Waals surface area contributed by atoms with Gasteiger partial charge in [-0.3, -0.25) is 0 Å². The van der Waals surface area contributed by atoms with Gasteiger partial charge in [0.15, 0.2) is 0 Å². The monoisotopic (exact) mass is 773 g/mol. The van der Waals surface area contributed by atoms with Crippen molar-refractivity contribution < 1.29 is 9.47 Å². The van der Waals surface area contributed by atoms with Gasteiger partial charge in [0.1, 0.15) is 11.5 Å². The van der Waals surface area contributed by atoms with Crippen LogP contribution in [0.1, 0.15) is 124 Å². The van der Waals surface area contributed by atoms with Crippen molar-refractivity contribution in [2.75, 3.05) is 0 Å². The Hall–Kier alpha value is -5.08. The summed E-state index contributed by atoms with van der Waals surface area (Å²) in [5.41, 5.74) is 13.4. The quantitative estimate of drug-likeness (QED) is 0.153. The van der Waals surface area contributed by atoms with E-state index in [1.165, 1.54) is 95.9 Å². The zero-order valence-corrected chi connectivity index (χ0v) is 36.6. The molecule has 2 fully saturated rings. The van der Waals surface area contributed by atoms with Crippen LogP contribution in [-0.4, -0.2) is 12.2 Å². The molecule has 304 valence electrons. The zero-order valence-electron chi connectivity index (χ0n) is 36.6. The topological polar surface area (TPSA) is 18.5 Å². The van der Waals surface area contributed by atoms with Crippen LogP contribution in [-0.2, 0) is 0 Å². The molecule has 2 heteroatoms. The molecular formula is C56H68O2. The average Bonchev–Trinajstić information content (AvgIpc) is 3.97. The van der Waals surface area contributed by atoms with Crippen molar-refractivity contribution >= 4 is 0 Å². The number of hydrogen-bond acceptors (Lipinski definition) is 2. The summed E-state index contributed by atoms with van der Waals surface area (Å²) in [6.45, 7) is 16.6. The van der Waals surface area contributed by atoms with Crippen molar-refractivity contribution in [3.8, 4) is 33.8 Å². The van der Waals surface area contributed by atoms with E-state index in [1.54, 1.807) is 11.1 Å². The molecule has 2 aliphatic carbocycles. The molecule has 0 atom stereocenters. The Bertz CT molecular complexity index is 1860. The Labute approximate surface area is 351 Å². The summed E-state index contributed by atoms with van der Waals surface area (Å²) in [4.78, 5) is 0. The van der Waals surface area contributed by atoms with Gasteiger partial charge in [-0.25, -0.2) is 0 Å². The van der Waals surface area contributed by atoms with Crippen molar-refractivity contribution in [2.45, 2.75) is 131 Å². The van der Waals surface area contributed by atoms with E-state index < -0.39 is 0 Å². The van der Waals surface area contributed by atoms with E-state index in [2.05, 4.69) is 149 Å². The van der Waals surface area contributed by atoms with Gasteiger partial charge in [-0.1, -0.05) is 169 Å². The summed E-state index contributed by atoms with van der Waals surface area (Å²) in [5, 5.41) is 0. The fourth-order valence-corrected chi connectivity index (χ4v) is 7.68. The van der Waals surface area contributed by atoms with Crippen LogP contribution in [0, 0.1) is 27.7 Å². The summed E-state index contributed by atoms with van der Waals surface area (Å²) >= 11 is 0. The second-order valence-corrected chi connectivity index (χ2v) is 16.9. The lowest BCUT2D eigenvalue weighted by molar-refractivity contribution is 0.242. The second-order valence-electron chi connectivity index (χ2n) is 16.9. The Morgan fingerprint density at radius 3 is 0.793 bits per heavy atom. The van der Waals surface area contributed by atoms with Crippen LogP contribution in [0.5, 0.6) is 11.5 Å². The molecule has 0 heterocycles. The van der Waals surface area contributed by atoms with Gasteiger partial charge in [-0.05, 0) is 151 Å². The Balaban J connectivity index is 0.000000149. The SMILES string of the molecule is Cc1ccc(-c2ccc(OC(C)C)cc2)cc1.Cc1ccc(-c2ccc(OC(C)C)cc2)cc1.Cc1ccc(C2CCCC2)cc1.Cc1ccc(C2CCCC2)cc1. The summed E-state index contributed by atoms with van der Waals surface area (Å²) in [6, 6.07) is 51.7. The highest BCUT2D eigenvalue weighted by Gasteiger charge is 2.17. The fraction of sp³-hybridized carbons (Fsp3) is 0.357. The smallest absolute Gasteiger partial charge is 0.119 e. The molecule has 58 heavy (non-hydrogen) atoms. The van der Waals surface area contributed by atoms with E-state index in [0.717, 1.165) is 23.3 Å². The van der Waals surface area contributed by atoms with Gasteiger partial charge in [0.05, 0.1) is 12.2 Å². The van der Waals surface area contributed by atoms with Crippen LogP contribution in [0.3, 0.4) is 0 Å². The van der Waals surface area contributed by atoms with E-state index in [1.807, 2.05) is 52.0 Å². The molecule has 0 aliphatic heterocycles. The number of rotatable bonds is 8. The lowest BCUT2D eigenvalue weighted by Gasteiger charge is -2.10. The first-order valence-electron chi connectivity index (χ1n) is 21.8. The fourth-order valence-electron chi connectivity index (χ4n) is 7.68. The van der Waals surface area contributed by atoms with Gasteiger partial charge in [0.25, 0.3) is 0 Å². The molecule has 0 aromatic heterocycles. The van der Waals surface area contributed by atoms with E-state index in [-0.39, 0.29) is 12.2 Å². The van der Waals surface area contributed by atoms with Crippen LogP contribution in [0.25, 0.3) is 22.3 Å². The van der Waals surface area contributed by atoms with Crippen molar-refractivity contribution in [3.05, 3.63) is 179 Å². The Morgan fingerprint density at radius 2 is 0.552 bits per heavy atom. The summed E-state index contributed by atoms with van der Waals surface area (Å²) in [6.07, 6.45) is 11.8. The van der Waals surface area contributed by atoms with Crippen molar-refractivity contribution in [2.24, 2.45) is 0 Å². The van der Waals surface area contributed by atoms with Crippen LogP contribution in [0.15, 0.2) is 146 Å². The first-order valence-corrected chi connectivity index (χ1v) is 21.8. The standard InChI is InChI=1S/2C16H18O.2C12H16/c2*1-12(2)17-16-10-8-15(9-11-16)14-6-4-13(3)5-7-14;2*1-10-6-8-12(9-7-10)11-4-2-3-5-11/h2*4-12H,1-3H3;2*6-9,11H,2-5H2,1H3. The van der Waals surface area contributed by atoms with Gasteiger partial charge in [0, 0.05) is 0 Å². The maximum absolute atomic E-state index is 5.62. The highest BCUT2D eigenvalue weighted by molar-refractivity contribution is 5.65. The molecular weight excluding hydrogens is 705 g/mol. The van der Waals surface area contributed by atoms with E-state index >= 15 is 0 Å². The third-order valence-corrected chi connectivity index (χ3v) is 11.0. The number of aryl methyl sites for hydroxylation is 4. The highest BCUT2D eigenvalue weighted by atomic mass is 16.5. The molecule has 2 saturated carbocycles. The number of hydrogen-bond donors (Lipinski definition) is 0. The van der Waals surface area contributed by atoms with E-state index in [4.69, 9.17) is 9.47 Å². The van der Waals surface area contributed by atoms with E-state index in [0.29, 0.717) is 0 Å². The molecule has 0 saturated heterocycles. The van der Waals surface area contributed by atoms with Crippen LogP contribution >= 0.6 is 0 Å². The molecule has 0 unspecified atom stereocenters. The lowest BCUT2D eigenvalue weighted by atomic mass is 9.97. The first-order chi connectivity index (χ1) is 28.0. The van der Waals surface area contributed by atoms with Crippen LogP contribution in [0.2, 0.25) is 0 Å². The second kappa shape index (κ2) is 22.8. The predicted molar refractivity (Wildman–Crippen MR) is 250 cm³/mol. The van der Waals surface area contributed by atoms with Crippen molar-refractivity contribution in [1.82, 2.24) is 0 Å². The summed E-state index contributed by atoms with van der Waals surface area (Å²) < 4.78 is 11.2. The van der Waals surface area contributed by atoms with Gasteiger partial charge < -0.3 is 9.47 Å². The normalized spacial score (nSPS) is 13.8. The van der Waals surface area contributed by atoms with Crippen LogP contribution < -0.4 is 9.47 Å². The molecule has 6 aromatic carbocycles. The molecule has 0 spiro atoms. The minimum absolute atomic E-state index is 0.222. The number of ether oxygens (including phenoxy) is 2. The maximum atomic E-state index is 5.62. The van der Waals surface area contributed by atoms with Gasteiger partial charge in [-0.15, -0.1) is 0 Å². The third kappa shape index (κ3) is 14.7. The molecule has 0 amide bonds. The molecule has 2 nitrogen and oxygen atoms in total. The van der Waals surface area contributed by atoms with Crippen molar-refractivity contribution in [3.63, 3.8) is 0 Å². The molecule has 6 aromatic rings. The zero-order chi connectivity index (χ0) is 41.3. The Morgan fingerprint density at radius 1 is 0.328 bits per heavy atom. The predicted octanol–water partition coefficient (Wildman–Crippen LogP) is 16.2. The van der Waals surface area contributed by atoms with Gasteiger partial charge >= 0.3 is 0 Å². The number of benzene rings is 6. The van der Waals surface area contributed by atoms with Crippen LogP contribution in [0.4, 0.5) is 0 Å². The lowest BCUT2D eigenvalue weighted by Crippen LogP contribution is -2.05. The first kappa shape index (κ1) is 44.0. The minimum atomic E-state index is 0.222. The van der Waals surface area contributed by atoms with Crippen molar-refractivity contribution in [1.29, 1.82) is 0 Å². The maximum Gasteiger partial charge on any atom is 0.119 e. The molecule has 0 bridgehead atoms. The molecule has 2 aliphatic rings. The molecule has 0 N–H and O–H groups in total. The van der Waals surface area contributed by atoms with E-state index in [9.17, 15) is 0 Å². The molecule has 8 rings (SSSR count). The van der Waals surface area contributed by atoms with Gasteiger partial charge in [-0.2, -0.15) is 0 Å². The highest BCUT2D eigenvalue weighted by Crippen LogP contribution is 2.35. The average molecular weight is 773 g/mol. The summed E-state index contributed by atoms with van der Waals surface area (Å²) in [5.74, 6) is 3.59. The largest absolute Gasteiger partial charge is 0.491 e. The van der Waals surface area contributed by atoms with Gasteiger partial charge in [0.2, 0.25) is 0 Å². The minimum Gasteiger partial charge on any atom is -0.491 e.